The molecule has 0 nitrogen and oxygen atoms in total. The maximum atomic E-state index is 2.40. The van der Waals surface area contributed by atoms with E-state index in [0.29, 0.717) is 0 Å². The van der Waals surface area contributed by atoms with Crippen LogP contribution in [0.2, 0.25) is 0 Å². The summed E-state index contributed by atoms with van der Waals surface area (Å²) in [6, 6.07) is 0. The summed E-state index contributed by atoms with van der Waals surface area (Å²) in [6.45, 7) is 7.20. The molecule has 0 N–H and O–H groups in total. The maximum Gasteiger partial charge on any atom is -0.0326 e. The minimum atomic E-state index is 1.06. The molecule has 0 spiro atoms. The van der Waals surface area contributed by atoms with Crippen molar-refractivity contribution >= 4 is 0 Å². The lowest BCUT2D eigenvalue weighted by Gasteiger charge is -1.88. The van der Waals surface area contributed by atoms with Gasteiger partial charge < -0.3 is 0 Å². The molecule has 2 aliphatic carbocycles. The van der Waals surface area contributed by atoms with Crippen molar-refractivity contribution in [1.82, 2.24) is 0 Å². The van der Waals surface area contributed by atoms with Crippen LogP contribution < -0.4 is 0 Å². The average molecular weight is 124 g/mol. The molecule has 0 heteroatoms. The number of rotatable bonds is 1. The Morgan fingerprint density at radius 3 is 1.56 bits per heavy atom. The fraction of sp³-hybridized carbons (Fsp3) is 1.00. The van der Waals surface area contributed by atoms with Crippen LogP contribution in [0.5, 0.6) is 0 Å². The largest absolute Gasteiger partial charge is 0.0622 e. The van der Waals surface area contributed by atoms with Gasteiger partial charge in [-0.3, -0.25) is 0 Å². The van der Waals surface area contributed by atoms with Crippen LogP contribution in [0.3, 0.4) is 0 Å². The van der Waals surface area contributed by atoms with Gasteiger partial charge in [0.05, 0.1) is 0 Å². The third-order valence-electron chi connectivity index (χ3n) is 3.57. The van der Waals surface area contributed by atoms with Crippen molar-refractivity contribution in [3.05, 3.63) is 0 Å². The molecular formula is C9H16. The van der Waals surface area contributed by atoms with E-state index < -0.39 is 0 Å². The van der Waals surface area contributed by atoms with Crippen molar-refractivity contribution in [1.29, 1.82) is 0 Å². The summed E-state index contributed by atoms with van der Waals surface area (Å²) >= 11 is 0. The molecule has 2 aliphatic rings. The molecule has 0 amide bonds. The van der Waals surface area contributed by atoms with Gasteiger partial charge in [0.25, 0.3) is 0 Å². The van der Waals surface area contributed by atoms with Gasteiger partial charge in [-0.2, -0.15) is 0 Å². The first kappa shape index (κ1) is 5.76. The van der Waals surface area contributed by atoms with Crippen molar-refractivity contribution in [3.63, 3.8) is 0 Å². The van der Waals surface area contributed by atoms with E-state index in [1.54, 1.807) is 0 Å². The predicted octanol–water partition coefficient (Wildman–Crippen LogP) is 2.54. The van der Waals surface area contributed by atoms with E-state index in [0.717, 1.165) is 29.6 Å². The fourth-order valence-corrected chi connectivity index (χ4v) is 2.37. The van der Waals surface area contributed by atoms with Gasteiger partial charge in [0.15, 0.2) is 0 Å². The Balaban J connectivity index is 1.90. The van der Waals surface area contributed by atoms with E-state index in [-0.39, 0.29) is 0 Å². The van der Waals surface area contributed by atoms with Crippen molar-refractivity contribution in [2.45, 2.75) is 27.2 Å². The lowest BCUT2D eigenvalue weighted by molar-refractivity contribution is 0.596. The van der Waals surface area contributed by atoms with Crippen LogP contribution in [0, 0.1) is 29.6 Å². The molecular weight excluding hydrogens is 108 g/mol. The van der Waals surface area contributed by atoms with Crippen LogP contribution in [0.1, 0.15) is 27.2 Å². The summed E-state index contributed by atoms with van der Waals surface area (Å²) in [6.07, 6.45) is 1.53. The molecule has 0 aromatic carbocycles. The minimum Gasteiger partial charge on any atom is -0.0622 e. The van der Waals surface area contributed by atoms with Crippen LogP contribution in [0.25, 0.3) is 0 Å². The van der Waals surface area contributed by atoms with E-state index in [1.807, 2.05) is 0 Å². The molecule has 4 atom stereocenters. The molecule has 0 aliphatic heterocycles. The SMILES string of the molecule is CC1C(C)C1[C@@H]1CC1C. The van der Waals surface area contributed by atoms with Crippen LogP contribution >= 0.6 is 0 Å². The summed E-state index contributed by atoms with van der Waals surface area (Å²) in [4.78, 5) is 0. The minimum absolute atomic E-state index is 1.06. The van der Waals surface area contributed by atoms with E-state index >= 15 is 0 Å². The fourth-order valence-electron chi connectivity index (χ4n) is 2.37. The molecule has 0 aromatic rings. The summed E-state index contributed by atoms with van der Waals surface area (Å²) < 4.78 is 0. The standard InChI is InChI=1S/C9H16/c1-5-4-8(5)9-6(2)7(9)3/h5-9H,4H2,1-3H3/t5?,6?,7?,8-,9?/m1/s1. The van der Waals surface area contributed by atoms with Gasteiger partial charge in [-0.05, 0) is 36.0 Å². The van der Waals surface area contributed by atoms with E-state index in [1.165, 1.54) is 6.42 Å². The highest BCUT2D eigenvalue weighted by Gasteiger charge is 2.54. The van der Waals surface area contributed by atoms with Crippen LogP contribution in [0.15, 0.2) is 0 Å². The molecule has 9 heavy (non-hydrogen) atoms. The number of hydrogen-bond acceptors (Lipinski definition) is 0. The van der Waals surface area contributed by atoms with Gasteiger partial charge in [-0.1, -0.05) is 20.8 Å². The second-order valence-electron chi connectivity index (χ2n) is 4.17. The third-order valence-corrected chi connectivity index (χ3v) is 3.57. The molecule has 0 heterocycles. The van der Waals surface area contributed by atoms with Crippen molar-refractivity contribution in [2.75, 3.05) is 0 Å². The number of hydrogen-bond donors (Lipinski definition) is 0. The Labute approximate surface area is 57.6 Å². The maximum absolute atomic E-state index is 2.40. The van der Waals surface area contributed by atoms with Gasteiger partial charge >= 0.3 is 0 Å². The highest BCUT2D eigenvalue weighted by molar-refractivity contribution is 5.02. The van der Waals surface area contributed by atoms with E-state index in [2.05, 4.69) is 20.8 Å². The molecule has 0 aromatic heterocycles. The van der Waals surface area contributed by atoms with Gasteiger partial charge in [0.2, 0.25) is 0 Å². The molecule has 2 fully saturated rings. The normalized spacial score (nSPS) is 63.7. The molecule has 2 saturated carbocycles. The summed E-state index contributed by atoms with van der Waals surface area (Å²) in [5.74, 6) is 5.44. The van der Waals surface area contributed by atoms with Crippen molar-refractivity contribution < 1.29 is 0 Å². The second kappa shape index (κ2) is 1.53. The smallest absolute Gasteiger partial charge is 0.0326 e. The average Bonchev–Trinajstić information content (AvgIpc) is 2.58. The first-order valence-electron chi connectivity index (χ1n) is 4.22. The Bertz CT molecular complexity index is 120. The second-order valence-corrected chi connectivity index (χ2v) is 4.17. The lowest BCUT2D eigenvalue weighted by Crippen LogP contribution is -1.83. The topological polar surface area (TPSA) is 0 Å². The van der Waals surface area contributed by atoms with Crippen molar-refractivity contribution in [2.24, 2.45) is 29.6 Å². The molecule has 0 radical (unpaired) electrons. The molecule has 52 valence electrons. The van der Waals surface area contributed by atoms with E-state index in [9.17, 15) is 0 Å². The first-order chi connectivity index (χ1) is 4.22. The van der Waals surface area contributed by atoms with Crippen LogP contribution in [0.4, 0.5) is 0 Å². The molecule has 3 unspecified atom stereocenters. The first-order valence-corrected chi connectivity index (χ1v) is 4.22. The van der Waals surface area contributed by atoms with Crippen LogP contribution in [-0.2, 0) is 0 Å². The Kier molecular flexibility index (Phi) is 0.980. The summed E-state index contributed by atoms with van der Waals surface area (Å²) in [5, 5.41) is 0. The highest BCUT2D eigenvalue weighted by atomic mass is 14.6. The third kappa shape index (κ3) is 0.720. The zero-order chi connectivity index (χ0) is 6.59. The zero-order valence-electron chi connectivity index (χ0n) is 6.59. The molecule has 0 bridgehead atoms. The monoisotopic (exact) mass is 124 g/mol. The highest BCUT2D eigenvalue weighted by Crippen LogP contribution is 2.60. The predicted molar refractivity (Wildman–Crippen MR) is 39.1 cm³/mol. The van der Waals surface area contributed by atoms with Crippen molar-refractivity contribution in [3.8, 4) is 0 Å². The Morgan fingerprint density at radius 1 is 1.00 bits per heavy atom. The van der Waals surface area contributed by atoms with Crippen LogP contribution in [-0.4, -0.2) is 0 Å². The summed E-state index contributed by atoms with van der Waals surface area (Å²) in [5.41, 5.74) is 0. The quantitative estimate of drug-likeness (QED) is 0.504. The Hall–Kier alpha value is 0. The van der Waals surface area contributed by atoms with Gasteiger partial charge in [-0.15, -0.1) is 0 Å². The summed E-state index contributed by atoms with van der Waals surface area (Å²) in [7, 11) is 0. The van der Waals surface area contributed by atoms with Gasteiger partial charge in [-0.25, -0.2) is 0 Å². The zero-order valence-corrected chi connectivity index (χ0v) is 6.59. The molecule has 2 rings (SSSR count). The lowest BCUT2D eigenvalue weighted by atomic mass is 10.2. The van der Waals surface area contributed by atoms with Gasteiger partial charge in [0.1, 0.15) is 0 Å². The molecule has 0 saturated heterocycles. The van der Waals surface area contributed by atoms with E-state index in [4.69, 9.17) is 0 Å². The Morgan fingerprint density at radius 2 is 1.44 bits per heavy atom. The van der Waals surface area contributed by atoms with Gasteiger partial charge in [0, 0.05) is 0 Å².